The summed E-state index contributed by atoms with van der Waals surface area (Å²) < 4.78 is 34.7. The number of hydrogen-bond acceptors (Lipinski definition) is 7. The molecule has 0 aliphatic carbocycles. The molecule has 1 unspecified atom stereocenters. The number of hydrogen-bond donors (Lipinski definition) is 2. The Morgan fingerprint density at radius 3 is 1.89 bits per heavy atom. The highest BCUT2D eigenvalue weighted by Gasteiger charge is 2.10. The molecule has 0 aliphatic heterocycles. The zero-order valence-electron chi connectivity index (χ0n) is 11.3. The van der Waals surface area contributed by atoms with E-state index in [1.807, 2.05) is 14.1 Å². The fourth-order valence-corrected chi connectivity index (χ4v) is 0.361. The molecule has 4 N–H and O–H groups in total. The molecule has 0 amide bonds. The van der Waals surface area contributed by atoms with Crippen molar-refractivity contribution in [3.63, 3.8) is 0 Å². The fraction of sp³-hybridized carbons (Fsp3) is 0.667. The monoisotopic (exact) mass is 286 g/mol. The summed E-state index contributed by atoms with van der Waals surface area (Å²) in [5.74, 6) is -0.341. The lowest BCUT2D eigenvalue weighted by Gasteiger charge is -2.19. The molecule has 0 saturated carbocycles. The molecule has 0 aromatic heterocycles. The first-order valence-corrected chi connectivity index (χ1v) is 5.93. The molecule has 0 bridgehead atoms. The van der Waals surface area contributed by atoms with E-state index in [-0.39, 0.29) is 18.3 Å². The van der Waals surface area contributed by atoms with Crippen LogP contribution in [0.5, 0.6) is 0 Å². The van der Waals surface area contributed by atoms with Crippen LogP contribution < -0.4 is 6.15 Å². The number of esters is 1. The number of rotatable bonds is 4. The highest BCUT2D eigenvalue weighted by atomic mass is 32.3. The summed E-state index contributed by atoms with van der Waals surface area (Å²) in [5, 5.41) is 0. The third-order valence-corrected chi connectivity index (χ3v) is 1.99. The van der Waals surface area contributed by atoms with Gasteiger partial charge in [-0.25, -0.2) is 4.79 Å². The van der Waals surface area contributed by atoms with E-state index in [9.17, 15) is 13.2 Å². The molecule has 0 rings (SSSR count). The summed E-state index contributed by atoms with van der Waals surface area (Å²) in [6, 6.07) is 0. The SMILES string of the molecule is C=C(C)C(=O)OC(C)N(C)C.COS(=O)(=O)O.N. The molecule has 0 heterocycles. The van der Waals surface area contributed by atoms with E-state index in [4.69, 9.17) is 9.29 Å². The second kappa shape index (κ2) is 9.97. The fourth-order valence-electron chi connectivity index (χ4n) is 0.361. The van der Waals surface area contributed by atoms with Crippen molar-refractivity contribution in [3.05, 3.63) is 12.2 Å². The van der Waals surface area contributed by atoms with Gasteiger partial charge < -0.3 is 10.9 Å². The molecule has 0 saturated heterocycles. The minimum atomic E-state index is -4.16. The van der Waals surface area contributed by atoms with Crippen LogP contribution in [0, 0.1) is 0 Å². The minimum absolute atomic E-state index is 0. The van der Waals surface area contributed by atoms with Crippen molar-refractivity contribution in [1.29, 1.82) is 0 Å². The van der Waals surface area contributed by atoms with Gasteiger partial charge in [-0.1, -0.05) is 6.58 Å². The van der Waals surface area contributed by atoms with Gasteiger partial charge >= 0.3 is 16.4 Å². The molecule has 110 valence electrons. The topological polar surface area (TPSA) is 128 Å². The van der Waals surface area contributed by atoms with Crippen LogP contribution in [0.1, 0.15) is 13.8 Å². The number of nitrogens with zero attached hydrogens (tertiary/aromatic N) is 1. The van der Waals surface area contributed by atoms with Crippen LogP contribution in [0.25, 0.3) is 0 Å². The van der Waals surface area contributed by atoms with E-state index in [0.29, 0.717) is 5.57 Å². The van der Waals surface area contributed by atoms with Gasteiger partial charge in [-0.15, -0.1) is 0 Å². The Hall–Kier alpha value is -1.00. The average Bonchev–Trinajstić information content (AvgIpc) is 2.17. The first kappa shape index (κ1) is 22.2. The zero-order chi connectivity index (χ0) is 14.2. The van der Waals surface area contributed by atoms with Crippen molar-refractivity contribution in [1.82, 2.24) is 11.1 Å². The molecule has 0 spiro atoms. The Balaban J connectivity index is -0.000000277. The molecule has 0 aromatic carbocycles. The molecule has 9 heteroatoms. The first-order valence-electron chi connectivity index (χ1n) is 4.57. The van der Waals surface area contributed by atoms with E-state index < -0.39 is 10.4 Å². The van der Waals surface area contributed by atoms with Gasteiger partial charge in [0.2, 0.25) is 0 Å². The van der Waals surface area contributed by atoms with Crippen LogP contribution in [0.3, 0.4) is 0 Å². The molecule has 0 fully saturated rings. The Bertz CT molecular complexity index is 352. The summed E-state index contributed by atoms with van der Waals surface area (Å²) in [5.41, 5.74) is 0.429. The normalized spacial score (nSPS) is 11.7. The van der Waals surface area contributed by atoms with Gasteiger partial charge in [0.05, 0.1) is 7.11 Å². The van der Waals surface area contributed by atoms with E-state index in [1.165, 1.54) is 0 Å². The molecule has 8 nitrogen and oxygen atoms in total. The highest BCUT2D eigenvalue weighted by Crippen LogP contribution is 1.99. The maximum absolute atomic E-state index is 10.9. The first-order chi connectivity index (χ1) is 7.51. The van der Waals surface area contributed by atoms with E-state index in [1.54, 1.807) is 18.7 Å². The summed E-state index contributed by atoms with van der Waals surface area (Å²) in [6.45, 7) is 6.91. The molecular weight excluding hydrogens is 264 g/mol. The second-order valence-electron chi connectivity index (χ2n) is 3.34. The molecule has 18 heavy (non-hydrogen) atoms. The quantitative estimate of drug-likeness (QED) is 0.333. The van der Waals surface area contributed by atoms with Gasteiger partial charge in [-0.3, -0.25) is 13.6 Å². The smallest absolute Gasteiger partial charge is 0.397 e. The number of carbonyl (C=O) groups excluding carboxylic acids is 1. The van der Waals surface area contributed by atoms with E-state index >= 15 is 0 Å². The number of ether oxygens (including phenoxy) is 1. The van der Waals surface area contributed by atoms with Crippen LogP contribution in [0.15, 0.2) is 12.2 Å². The van der Waals surface area contributed by atoms with Gasteiger partial charge in [0, 0.05) is 5.57 Å². The Morgan fingerprint density at radius 1 is 1.39 bits per heavy atom. The van der Waals surface area contributed by atoms with Crippen molar-refractivity contribution in [2.24, 2.45) is 0 Å². The van der Waals surface area contributed by atoms with Crippen LogP contribution in [-0.4, -0.2) is 51.3 Å². The van der Waals surface area contributed by atoms with Crippen LogP contribution in [0.4, 0.5) is 0 Å². The standard InChI is InChI=1S/C8H15NO2.CH4O4S.H3N/c1-6(2)8(10)11-7(3)9(4)5;1-5-6(2,3)4;/h7H,1H2,2-5H3;1H3,(H,2,3,4);1H3. The predicted octanol–water partition coefficient (Wildman–Crippen LogP) is 0.611. The highest BCUT2D eigenvalue weighted by molar-refractivity contribution is 7.80. The summed E-state index contributed by atoms with van der Waals surface area (Å²) in [6.07, 6.45) is -0.195. The Morgan fingerprint density at radius 2 is 1.72 bits per heavy atom. The molecule has 0 aliphatic rings. The third kappa shape index (κ3) is 15.0. The second-order valence-corrected chi connectivity index (χ2v) is 4.53. The van der Waals surface area contributed by atoms with E-state index in [2.05, 4.69) is 10.8 Å². The summed E-state index contributed by atoms with van der Waals surface area (Å²) >= 11 is 0. The maximum Gasteiger partial charge on any atom is 0.397 e. The summed E-state index contributed by atoms with van der Waals surface area (Å²) in [7, 11) is 0.396. The molecule has 1 atom stereocenters. The van der Waals surface area contributed by atoms with Gasteiger partial charge in [-0.2, -0.15) is 8.42 Å². The van der Waals surface area contributed by atoms with Gasteiger partial charge in [0.15, 0.2) is 6.23 Å². The van der Waals surface area contributed by atoms with Crippen molar-refractivity contribution in [2.45, 2.75) is 20.1 Å². The van der Waals surface area contributed by atoms with Crippen molar-refractivity contribution in [2.75, 3.05) is 21.2 Å². The Kier molecular flexibility index (Phi) is 12.3. The zero-order valence-corrected chi connectivity index (χ0v) is 12.2. The van der Waals surface area contributed by atoms with Crippen LogP contribution >= 0.6 is 0 Å². The largest absolute Gasteiger partial charge is 0.443 e. The Labute approximate surface area is 108 Å². The lowest BCUT2D eigenvalue weighted by Crippen LogP contribution is -2.30. The summed E-state index contributed by atoms with van der Waals surface area (Å²) in [4.78, 5) is 12.7. The lowest BCUT2D eigenvalue weighted by molar-refractivity contribution is -0.150. The van der Waals surface area contributed by atoms with Crippen molar-refractivity contribution in [3.8, 4) is 0 Å². The van der Waals surface area contributed by atoms with E-state index in [0.717, 1.165) is 7.11 Å². The van der Waals surface area contributed by atoms with Crippen LogP contribution in [0.2, 0.25) is 0 Å². The minimum Gasteiger partial charge on any atom is -0.443 e. The van der Waals surface area contributed by atoms with Gasteiger partial charge in [0.25, 0.3) is 0 Å². The molecular formula is C9H22N2O6S. The van der Waals surface area contributed by atoms with Gasteiger partial charge in [-0.05, 0) is 27.9 Å². The molecule has 0 aromatic rings. The van der Waals surface area contributed by atoms with Crippen LogP contribution in [-0.2, 0) is 24.1 Å². The van der Waals surface area contributed by atoms with Crippen molar-refractivity contribution >= 4 is 16.4 Å². The average molecular weight is 286 g/mol. The molecule has 0 radical (unpaired) electrons. The van der Waals surface area contributed by atoms with Crippen molar-refractivity contribution < 1.29 is 26.7 Å². The maximum atomic E-state index is 10.9. The van der Waals surface area contributed by atoms with Gasteiger partial charge in [0.1, 0.15) is 0 Å². The lowest BCUT2D eigenvalue weighted by atomic mass is 10.4. The third-order valence-electron chi connectivity index (χ3n) is 1.56. The predicted molar refractivity (Wildman–Crippen MR) is 67.6 cm³/mol. The number of carbonyl (C=O) groups is 1.